The lowest BCUT2D eigenvalue weighted by molar-refractivity contribution is -0.145. The van der Waals surface area contributed by atoms with E-state index in [0.29, 0.717) is 31.9 Å². The van der Waals surface area contributed by atoms with Crippen LogP contribution in [0.15, 0.2) is 30.3 Å². The second-order valence-corrected chi connectivity index (χ2v) is 8.64. The fraction of sp³-hybridized carbons (Fsp3) is 0.625. The van der Waals surface area contributed by atoms with Crippen molar-refractivity contribution < 1.29 is 23.9 Å². The molecule has 8 nitrogen and oxygen atoms in total. The maximum atomic E-state index is 12.8. The van der Waals surface area contributed by atoms with Crippen LogP contribution in [0.25, 0.3) is 0 Å². The van der Waals surface area contributed by atoms with Crippen molar-refractivity contribution in [2.45, 2.75) is 45.1 Å². The zero-order valence-corrected chi connectivity index (χ0v) is 18.9. The zero-order chi connectivity index (χ0) is 22.9. The van der Waals surface area contributed by atoms with Crippen molar-refractivity contribution in [2.75, 3.05) is 39.4 Å². The fourth-order valence-corrected chi connectivity index (χ4v) is 4.84. The van der Waals surface area contributed by atoms with Gasteiger partial charge in [0.2, 0.25) is 5.91 Å². The van der Waals surface area contributed by atoms with E-state index in [2.05, 4.69) is 4.90 Å². The van der Waals surface area contributed by atoms with Crippen molar-refractivity contribution in [3.05, 3.63) is 30.3 Å². The molecule has 1 aromatic rings. The van der Waals surface area contributed by atoms with Crippen molar-refractivity contribution in [1.82, 2.24) is 9.80 Å². The van der Waals surface area contributed by atoms with Crippen LogP contribution in [0.4, 0.5) is 0 Å². The number of carbonyl (C=O) groups excluding carboxylic acids is 3. The Kier molecular flexibility index (Phi) is 8.90. The molecule has 2 N–H and O–H groups in total. The van der Waals surface area contributed by atoms with Gasteiger partial charge in [-0.05, 0) is 69.7 Å². The maximum absolute atomic E-state index is 12.8. The zero-order valence-electron chi connectivity index (χ0n) is 18.9. The third-order valence-electron chi connectivity index (χ3n) is 6.56. The van der Waals surface area contributed by atoms with E-state index in [1.165, 1.54) is 0 Å². The Labute approximate surface area is 190 Å². The summed E-state index contributed by atoms with van der Waals surface area (Å²) in [5, 5.41) is 0. The Morgan fingerprint density at radius 1 is 1.09 bits per heavy atom. The van der Waals surface area contributed by atoms with Crippen molar-refractivity contribution in [1.29, 1.82) is 0 Å². The van der Waals surface area contributed by atoms with Gasteiger partial charge < -0.3 is 20.1 Å². The summed E-state index contributed by atoms with van der Waals surface area (Å²) in [4.78, 5) is 40.6. The van der Waals surface area contributed by atoms with Gasteiger partial charge in [0.25, 0.3) is 5.91 Å². The second-order valence-electron chi connectivity index (χ2n) is 8.64. The Bertz CT molecular complexity index is 772. The molecule has 0 unspecified atom stereocenters. The van der Waals surface area contributed by atoms with Crippen LogP contribution in [0.1, 0.15) is 39.0 Å². The van der Waals surface area contributed by atoms with Gasteiger partial charge in [0.1, 0.15) is 5.75 Å². The predicted molar refractivity (Wildman–Crippen MR) is 120 cm³/mol. The minimum atomic E-state index is -0.274. The van der Waals surface area contributed by atoms with Crippen LogP contribution in [-0.4, -0.2) is 73.0 Å². The molecular weight excluding hydrogens is 410 g/mol. The van der Waals surface area contributed by atoms with Gasteiger partial charge in [-0.25, -0.2) is 0 Å². The normalized spacial score (nSPS) is 23.7. The molecule has 8 heteroatoms. The Balaban J connectivity index is 1.59. The largest absolute Gasteiger partial charge is 0.484 e. The van der Waals surface area contributed by atoms with Crippen LogP contribution in [0.5, 0.6) is 5.75 Å². The molecule has 176 valence electrons. The molecule has 2 amide bonds. The number of para-hydroxylation sites is 1. The lowest BCUT2D eigenvalue weighted by Crippen LogP contribution is -2.47. The molecule has 3 rings (SSSR count). The number of hydrogen-bond donors (Lipinski definition) is 1. The summed E-state index contributed by atoms with van der Waals surface area (Å²) in [6.07, 6.45) is 3.68. The predicted octanol–water partition coefficient (Wildman–Crippen LogP) is 1.82. The van der Waals surface area contributed by atoms with Crippen molar-refractivity contribution in [3.63, 3.8) is 0 Å². The number of benzene rings is 1. The van der Waals surface area contributed by atoms with Crippen molar-refractivity contribution in [2.24, 2.45) is 17.6 Å². The lowest BCUT2D eigenvalue weighted by atomic mass is 9.81. The summed E-state index contributed by atoms with van der Waals surface area (Å²) in [5.74, 6) is 0.464. The van der Waals surface area contributed by atoms with Crippen LogP contribution < -0.4 is 10.5 Å². The summed E-state index contributed by atoms with van der Waals surface area (Å²) >= 11 is 0. The van der Waals surface area contributed by atoms with E-state index in [-0.39, 0.29) is 42.3 Å². The molecule has 32 heavy (non-hydrogen) atoms. The number of rotatable bonds is 10. The average molecular weight is 446 g/mol. The van der Waals surface area contributed by atoms with Crippen molar-refractivity contribution >= 4 is 17.8 Å². The first-order valence-corrected chi connectivity index (χ1v) is 11.6. The molecule has 2 aliphatic rings. The minimum Gasteiger partial charge on any atom is -0.484 e. The highest BCUT2D eigenvalue weighted by atomic mass is 16.5. The second kappa shape index (κ2) is 11.9. The molecule has 1 aromatic carbocycles. The van der Waals surface area contributed by atoms with Crippen LogP contribution in [-0.2, 0) is 19.1 Å². The molecule has 0 spiro atoms. The fourth-order valence-electron chi connectivity index (χ4n) is 4.84. The number of hydrogen-bond acceptors (Lipinski definition) is 6. The molecule has 0 bridgehead atoms. The summed E-state index contributed by atoms with van der Waals surface area (Å²) in [6.45, 7) is 4.94. The standard InChI is InChI=1S/C24H35N3O5/c1-2-31-23(29)15-18-10-14-27(22(28)17-32-20-7-4-3-5-8-20)16-19(18)11-13-26-12-6-9-21(26)24(25)30/h3-5,7-8,18-19,21H,2,6,9-17H2,1H3,(H2,25,30)/t18-,19-,21-/m0/s1. The van der Waals surface area contributed by atoms with E-state index in [1.807, 2.05) is 35.2 Å². The number of amides is 2. The van der Waals surface area contributed by atoms with Crippen molar-refractivity contribution in [3.8, 4) is 5.75 Å². The van der Waals surface area contributed by atoms with Gasteiger partial charge in [0, 0.05) is 19.5 Å². The SMILES string of the molecule is CCOC(=O)C[C@@H]1CCN(C(=O)COc2ccccc2)C[C@@H]1CCN1CCC[C@H]1C(N)=O. The van der Waals surface area contributed by atoms with Gasteiger partial charge in [-0.2, -0.15) is 0 Å². The number of likely N-dealkylation sites (tertiary alicyclic amines) is 2. The van der Waals surface area contributed by atoms with E-state index in [9.17, 15) is 14.4 Å². The third-order valence-corrected chi connectivity index (χ3v) is 6.56. The molecule has 2 aliphatic heterocycles. The molecule has 0 radical (unpaired) electrons. The molecule has 0 aliphatic carbocycles. The molecule has 0 saturated carbocycles. The number of nitrogens with zero attached hydrogens (tertiary/aromatic N) is 2. The third kappa shape index (κ3) is 6.69. The number of ether oxygens (including phenoxy) is 2. The molecule has 3 atom stereocenters. The Morgan fingerprint density at radius 3 is 2.59 bits per heavy atom. The summed E-state index contributed by atoms with van der Waals surface area (Å²) in [6, 6.07) is 9.08. The smallest absolute Gasteiger partial charge is 0.306 e. The quantitative estimate of drug-likeness (QED) is 0.551. The topological polar surface area (TPSA) is 102 Å². The monoisotopic (exact) mass is 445 g/mol. The van der Waals surface area contributed by atoms with Crippen LogP contribution >= 0.6 is 0 Å². The maximum Gasteiger partial charge on any atom is 0.306 e. The first kappa shape index (κ1) is 24.0. The van der Waals surface area contributed by atoms with Gasteiger partial charge in [-0.15, -0.1) is 0 Å². The van der Waals surface area contributed by atoms with Gasteiger partial charge in [-0.1, -0.05) is 18.2 Å². The van der Waals surface area contributed by atoms with E-state index in [0.717, 1.165) is 38.8 Å². The van der Waals surface area contributed by atoms with Gasteiger partial charge in [-0.3, -0.25) is 19.3 Å². The van der Waals surface area contributed by atoms with Crippen LogP contribution in [0.2, 0.25) is 0 Å². The number of nitrogens with two attached hydrogens (primary N) is 1. The van der Waals surface area contributed by atoms with Gasteiger partial charge in [0.05, 0.1) is 12.6 Å². The number of esters is 1. The lowest BCUT2D eigenvalue weighted by Gasteiger charge is -2.39. The van der Waals surface area contributed by atoms with E-state index >= 15 is 0 Å². The molecule has 2 saturated heterocycles. The van der Waals surface area contributed by atoms with Crippen LogP contribution in [0.3, 0.4) is 0 Å². The number of piperidine rings is 1. The van der Waals surface area contributed by atoms with E-state index < -0.39 is 0 Å². The number of primary amides is 1. The first-order chi connectivity index (χ1) is 15.5. The minimum absolute atomic E-state index is 0.00481. The summed E-state index contributed by atoms with van der Waals surface area (Å²) in [7, 11) is 0. The molecule has 2 heterocycles. The average Bonchev–Trinajstić information content (AvgIpc) is 3.26. The Hall–Kier alpha value is -2.61. The van der Waals surface area contributed by atoms with Crippen LogP contribution in [0, 0.1) is 11.8 Å². The Morgan fingerprint density at radius 2 is 1.88 bits per heavy atom. The summed E-state index contributed by atoms with van der Waals surface area (Å²) in [5.41, 5.74) is 5.56. The van der Waals surface area contributed by atoms with Gasteiger partial charge in [0.15, 0.2) is 6.61 Å². The highest BCUT2D eigenvalue weighted by molar-refractivity contribution is 5.80. The first-order valence-electron chi connectivity index (χ1n) is 11.6. The molecular formula is C24H35N3O5. The van der Waals surface area contributed by atoms with E-state index in [4.69, 9.17) is 15.2 Å². The summed E-state index contributed by atoms with van der Waals surface area (Å²) < 4.78 is 10.8. The molecule has 0 aromatic heterocycles. The highest BCUT2D eigenvalue weighted by Crippen LogP contribution is 2.31. The molecule has 2 fully saturated rings. The highest BCUT2D eigenvalue weighted by Gasteiger charge is 2.35. The van der Waals surface area contributed by atoms with Gasteiger partial charge >= 0.3 is 5.97 Å². The number of carbonyl (C=O) groups is 3. The van der Waals surface area contributed by atoms with E-state index in [1.54, 1.807) is 6.92 Å².